The van der Waals surface area contributed by atoms with Crippen LogP contribution >= 0.6 is 22.7 Å². The maximum absolute atomic E-state index is 10.7. The van der Waals surface area contributed by atoms with Gasteiger partial charge < -0.3 is 4.55 Å². The van der Waals surface area contributed by atoms with Crippen LogP contribution in [0.5, 0.6) is 0 Å². The summed E-state index contributed by atoms with van der Waals surface area (Å²) in [6, 6.07) is 0. The van der Waals surface area contributed by atoms with Gasteiger partial charge in [-0.25, -0.2) is 8.42 Å². The molecule has 3 nitrogen and oxygen atoms in total. The van der Waals surface area contributed by atoms with Crippen LogP contribution in [0.2, 0.25) is 5.82 Å². The molecule has 0 aliphatic rings. The standard InChI is InChI=1S/C4H5S2Se.CHF3O3S/c1-7-4-5-2-3-6-4;2-1(3,4)8(5,6)7/h2-3H,1H3;(H,5,6,7)/q+1;/p-1. The summed E-state index contributed by atoms with van der Waals surface area (Å²) < 4.78 is 60.5. The third-order valence-corrected chi connectivity index (χ3v) is 6.72. The van der Waals surface area contributed by atoms with E-state index in [2.05, 4.69) is 16.6 Å². The van der Waals surface area contributed by atoms with E-state index in [0.29, 0.717) is 0 Å². The van der Waals surface area contributed by atoms with Gasteiger partial charge in [-0.3, -0.25) is 0 Å². The third-order valence-electron chi connectivity index (χ3n) is 0.834. The van der Waals surface area contributed by atoms with Crippen LogP contribution in [0.15, 0.2) is 10.8 Å². The molecule has 0 aliphatic carbocycles. The quantitative estimate of drug-likeness (QED) is 0.336. The van der Waals surface area contributed by atoms with Crippen LogP contribution < -0.4 is 3.09 Å². The molecule has 88 valence electrons. The van der Waals surface area contributed by atoms with Crippen LogP contribution in [0.1, 0.15) is 0 Å². The smallest absolute Gasteiger partial charge is 0.485 e. The van der Waals surface area contributed by atoms with Crippen molar-refractivity contribution in [1.29, 1.82) is 0 Å². The Kier molecular flexibility index (Phi) is 6.23. The molecular weight excluding hydrogens is 340 g/mol. The summed E-state index contributed by atoms with van der Waals surface area (Å²) >= 11 is 4.47. The number of hydrogen-bond acceptors (Lipinski definition) is 4. The zero-order chi connectivity index (χ0) is 12.1. The van der Waals surface area contributed by atoms with E-state index in [0.717, 1.165) is 15.0 Å². The summed E-state index contributed by atoms with van der Waals surface area (Å²) in [6.07, 6.45) is 0. The molecule has 0 bridgehead atoms. The van der Waals surface area contributed by atoms with Crippen molar-refractivity contribution in [2.75, 3.05) is 0 Å². The first kappa shape index (κ1) is 15.3. The molecule has 0 aliphatic heterocycles. The van der Waals surface area contributed by atoms with E-state index in [1.54, 1.807) is 3.09 Å². The molecule has 0 radical (unpaired) electrons. The monoisotopic (exact) mass is 346 g/mol. The minimum atomic E-state index is -6.09. The van der Waals surface area contributed by atoms with Gasteiger partial charge in [0.15, 0.2) is 10.1 Å². The van der Waals surface area contributed by atoms with Crippen molar-refractivity contribution in [3.63, 3.8) is 0 Å². The first-order valence-corrected chi connectivity index (χ1v) is 8.83. The van der Waals surface area contributed by atoms with Gasteiger partial charge in [-0.15, -0.1) is 0 Å². The summed E-state index contributed by atoms with van der Waals surface area (Å²) in [4.78, 5) is 0. The molecule has 0 amide bonds. The van der Waals surface area contributed by atoms with Crippen molar-refractivity contribution in [2.45, 2.75) is 11.3 Å². The van der Waals surface area contributed by atoms with Crippen molar-refractivity contribution in [3.05, 3.63) is 10.8 Å². The fraction of sp³-hybridized carbons (Fsp3) is 0.400. The predicted octanol–water partition coefficient (Wildman–Crippen LogP) is 1.52. The van der Waals surface area contributed by atoms with Gasteiger partial charge in [0.1, 0.15) is 0 Å². The van der Waals surface area contributed by atoms with Crippen molar-refractivity contribution < 1.29 is 26.1 Å². The largest absolute Gasteiger partial charge is 0.741 e. The van der Waals surface area contributed by atoms with Crippen LogP contribution in [0.25, 0.3) is 0 Å². The van der Waals surface area contributed by atoms with E-state index in [4.69, 9.17) is 13.0 Å². The molecule has 0 atom stereocenters. The van der Waals surface area contributed by atoms with Gasteiger partial charge in [-0.2, -0.15) is 13.2 Å². The first-order chi connectivity index (χ1) is 6.68. The van der Waals surface area contributed by atoms with Crippen molar-refractivity contribution in [1.82, 2.24) is 0 Å². The topological polar surface area (TPSA) is 57.2 Å². The summed E-state index contributed by atoms with van der Waals surface area (Å²) in [5.74, 6) is 2.25. The van der Waals surface area contributed by atoms with Crippen LogP contribution in [0.3, 0.4) is 0 Å². The van der Waals surface area contributed by atoms with Crippen molar-refractivity contribution in [3.8, 4) is 0 Å². The Balaban J connectivity index is 0.000000262. The maximum atomic E-state index is 10.7. The Morgan fingerprint density at radius 3 is 2.13 bits per heavy atom. The molecule has 0 aromatic carbocycles. The molecule has 0 saturated heterocycles. The molecular formula is C5H5F3O3S3Se. The summed E-state index contributed by atoms with van der Waals surface area (Å²) in [5, 5.41) is 4.29. The average Bonchev–Trinajstić information content (AvgIpc) is 2.52. The van der Waals surface area contributed by atoms with E-state index >= 15 is 0 Å². The van der Waals surface area contributed by atoms with Crippen LogP contribution in [-0.2, 0) is 10.1 Å². The molecule has 15 heavy (non-hydrogen) atoms. The molecule has 0 saturated carbocycles. The zero-order valence-electron chi connectivity index (χ0n) is 7.15. The minimum Gasteiger partial charge on any atom is -0.741 e. The number of halogens is 3. The van der Waals surface area contributed by atoms with E-state index in [1.165, 1.54) is 0 Å². The normalized spacial score (nSPS) is 11.8. The number of alkyl halides is 3. The predicted molar refractivity (Wildman–Crippen MR) is 53.6 cm³/mol. The molecule has 0 spiro atoms. The molecule has 10 heteroatoms. The second-order valence-corrected chi connectivity index (χ2v) is 8.20. The Labute approximate surface area is 98.9 Å². The molecule has 0 fully saturated rings. The minimum absolute atomic E-state index is 0.735. The second kappa shape index (κ2) is 6.12. The van der Waals surface area contributed by atoms with E-state index in [-0.39, 0.29) is 0 Å². The number of rotatable bonds is 1. The SMILES string of the molecule is C[Se]c1scc[s+]1.O=S(=O)([O-])C(F)(F)F. The van der Waals surface area contributed by atoms with Gasteiger partial charge in [-0.05, 0) is 0 Å². The van der Waals surface area contributed by atoms with Gasteiger partial charge >= 0.3 is 62.8 Å². The van der Waals surface area contributed by atoms with Crippen LogP contribution in [0, 0.1) is 0 Å². The molecule has 1 aromatic heterocycles. The molecule has 1 rings (SSSR count). The Hall–Kier alpha value is 0.269. The Morgan fingerprint density at radius 2 is 2.00 bits per heavy atom. The molecule has 1 heterocycles. The van der Waals surface area contributed by atoms with E-state index < -0.39 is 15.6 Å². The van der Waals surface area contributed by atoms with Crippen LogP contribution in [-0.4, -0.2) is 33.4 Å². The molecule has 0 N–H and O–H groups in total. The average molecular weight is 345 g/mol. The van der Waals surface area contributed by atoms with E-state index in [1.807, 2.05) is 22.7 Å². The van der Waals surface area contributed by atoms with E-state index in [9.17, 15) is 13.2 Å². The van der Waals surface area contributed by atoms with Gasteiger partial charge in [-0.1, -0.05) is 0 Å². The summed E-state index contributed by atoms with van der Waals surface area (Å²) in [7, 11) is -6.09. The van der Waals surface area contributed by atoms with Crippen LogP contribution in [0.4, 0.5) is 13.2 Å². The van der Waals surface area contributed by atoms with Gasteiger partial charge in [0.2, 0.25) is 0 Å². The van der Waals surface area contributed by atoms with Gasteiger partial charge in [0.05, 0.1) is 0 Å². The Morgan fingerprint density at radius 1 is 1.53 bits per heavy atom. The maximum Gasteiger partial charge on any atom is 0.485 e. The third kappa shape index (κ3) is 6.44. The summed E-state index contributed by atoms with van der Waals surface area (Å²) in [5.41, 5.74) is -5.65. The van der Waals surface area contributed by atoms with Crippen molar-refractivity contribution in [2.24, 2.45) is 0 Å². The fourth-order valence-electron chi connectivity index (χ4n) is 0.291. The number of hydrogen-bond donors (Lipinski definition) is 0. The van der Waals surface area contributed by atoms with Gasteiger partial charge in [0.25, 0.3) is 0 Å². The van der Waals surface area contributed by atoms with Gasteiger partial charge in [0, 0.05) is 0 Å². The first-order valence-electron chi connectivity index (χ1n) is 3.10. The zero-order valence-corrected chi connectivity index (χ0v) is 11.3. The summed E-state index contributed by atoms with van der Waals surface area (Å²) in [6.45, 7) is 0. The Bertz CT molecular complexity index is 372. The molecule has 1 aromatic rings. The van der Waals surface area contributed by atoms with Crippen molar-refractivity contribution >= 4 is 50.8 Å². The fourth-order valence-corrected chi connectivity index (χ4v) is 3.62. The second-order valence-electron chi connectivity index (χ2n) is 1.86. The molecule has 0 unspecified atom stereocenters.